The Hall–Kier alpha value is -1.34. The SMILES string of the molecule is CCN(CCOCCO)C(=O)N1CC(CC(=O)O)C1. The Balaban J connectivity index is 2.25. The van der Waals surface area contributed by atoms with Crippen LogP contribution in [0, 0.1) is 5.92 Å². The van der Waals surface area contributed by atoms with Crippen LogP contribution in [0.15, 0.2) is 0 Å². The number of nitrogens with zero attached hydrogens (tertiary/aromatic N) is 2. The minimum Gasteiger partial charge on any atom is -0.481 e. The molecule has 0 atom stereocenters. The first-order chi connectivity index (χ1) is 9.08. The van der Waals surface area contributed by atoms with Crippen LogP contribution < -0.4 is 0 Å². The summed E-state index contributed by atoms with van der Waals surface area (Å²) < 4.78 is 5.13. The summed E-state index contributed by atoms with van der Waals surface area (Å²) in [6.45, 7) is 4.62. The van der Waals surface area contributed by atoms with Crippen molar-refractivity contribution >= 4 is 12.0 Å². The van der Waals surface area contributed by atoms with Gasteiger partial charge >= 0.3 is 12.0 Å². The highest BCUT2D eigenvalue weighted by molar-refractivity contribution is 5.76. The van der Waals surface area contributed by atoms with Crippen LogP contribution in [0.3, 0.4) is 0 Å². The number of aliphatic carboxylic acids is 1. The normalized spacial score (nSPS) is 15.2. The van der Waals surface area contributed by atoms with Gasteiger partial charge in [0.05, 0.1) is 26.2 Å². The molecule has 0 aromatic heterocycles. The summed E-state index contributed by atoms with van der Waals surface area (Å²) in [5.74, 6) is -0.743. The van der Waals surface area contributed by atoms with Crippen molar-refractivity contribution in [2.75, 3.05) is 46.0 Å². The van der Waals surface area contributed by atoms with Crippen LogP contribution in [0.4, 0.5) is 4.79 Å². The van der Waals surface area contributed by atoms with Crippen LogP contribution in [0.25, 0.3) is 0 Å². The molecule has 1 saturated heterocycles. The maximum atomic E-state index is 12.1. The number of likely N-dealkylation sites (N-methyl/N-ethyl adjacent to an activating group) is 1. The third-order valence-electron chi connectivity index (χ3n) is 3.08. The maximum Gasteiger partial charge on any atom is 0.320 e. The van der Waals surface area contributed by atoms with E-state index in [9.17, 15) is 9.59 Å². The molecule has 110 valence electrons. The fraction of sp³-hybridized carbons (Fsp3) is 0.833. The van der Waals surface area contributed by atoms with Gasteiger partial charge in [-0.25, -0.2) is 4.79 Å². The molecule has 0 unspecified atom stereocenters. The molecule has 0 radical (unpaired) electrons. The van der Waals surface area contributed by atoms with E-state index in [0.29, 0.717) is 32.8 Å². The summed E-state index contributed by atoms with van der Waals surface area (Å²) in [6, 6.07) is -0.0725. The van der Waals surface area contributed by atoms with Crippen LogP contribution in [0.5, 0.6) is 0 Å². The van der Waals surface area contributed by atoms with E-state index in [4.69, 9.17) is 14.9 Å². The summed E-state index contributed by atoms with van der Waals surface area (Å²) in [4.78, 5) is 25.9. The van der Waals surface area contributed by atoms with Crippen molar-refractivity contribution in [1.29, 1.82) is 0 Å². The smallest absolute Gasteiger partial charge is 0.320 e. The van der Waals surface area contributed by atoms with Gasteiger partial charge in [-0.15, -0.1) is 0 Å². The lowest BCUT2D eigenvalue weighted by Crippen LogP contribution is -2.55. The number of hydrogen-bond donors (Lipinski definition) is 2. The average molecular weight is 274 g/mol. The molecule has 7 heteroatoms. The molecule has 2 amide bonds. The number of urea groups is 1. The van der Waals surface area contributed by atoms with Crippen molar-refractivity contribution in [1.82, 2.24) is 9.80 Å². The number of aliphatic hydroxyl groups is 1. The van der Waals surface area contributed by atoms with Gasteiger partial charge in [0, 0.05) is 32.1 Å². The number of hydrogen-bond acceptors (Lipinski definition) is 4. The quantitative estimate of drug-likeness (QED) is 0.600. The Bertz CT molecular complexity index is 304. The van der Waals surface area contributed by atoms with E-state index in [1.165, 1.54) is 0 Å². The molecule has 0 aromatic carbocycles. The van der Waals surface area contributed by atoms with E-state index in [1.54, 1.807) is 9.80 Å². The first kappa shape index (κ1) is 15.7. The van der Waals surface area contributed by atoms with Crippen molar-refractivity contribution in [2.24, 2.45) is 5.92 Å². The monoisotopic (exact) mass is 274 g/mol. The van der Waals surface area contributed by atoms with Crippen LogP contribution in [-0.2, 0) is 9.53 Å². The van der Waals surface area contributed by atoms with E-state index in [2.05, 4.69) is 0 Å². The third kappa shape index (κ3) is 5.04. The fourth-order valence-electron chi connectivity index (χ4n) is 2.03. The van der Waals surface area contributed by atoms with E-state index >= 15 is 0 Å². The van der Waals surface area contributed by atoms with Gasteiger partial charge in [0.15, 0.2) is 0 Å². The lowest BCUT2D eigenvalue weighted by molar-refractivity contribution is -0.139. The van der Waals surface area contributed by atoms with Gasteiger partial charge in [-0.2, -0.15) is 0 Å². The van der Waals surface area contributed by atoms with Crippen molar-refractivity contribution in [2.45, 2.75) is 13.3 Å². The Labute approximate surface area is 112 Å². The zero-order valence-electron chi connectivity index (χ0n) is 11.2. The van der Waals surface area contributed by atoms with Crippen molar-refractivity contribution < 1.29 is 24.5 Å². The lowest BCUT2D eigenvalue weighted by atomic mass is 9.97. The first-order valence-electron chi connectivity index (χ1n) is 6.52. The Morgan fingerprint density at radius 1 is 1.37 bits per heavy atom. The number of likely N-dealkylation sites (tertiary alicyclic amines) is 1. The van der Waals surface area contributed by atoms with Crippen molar-refractivity contribution in [3.05, 3.63) is 0 Å². The molecule has 1 fully saturated rings. The number of carbonyl (C=O) groups excluding carboxylic acids is 1. The molecule has 0 saturated carbocycles. The molecule has 7 nitrogen and oxygen atoms in total. The fourth-order valence-corrected chi connectivity index (χ4v) is 2.03. The summed E-state index contributed by atoms with van der Waals surface area (Å²) in [6.07, 6.45) is 0.121. The molecule has 19 heavy (non-hydrogen) atoms. The number of ether oxygens (including phenoxy) is 1. The predicted molar refractivity (Wildman–Crippen MR) is 67.9 cm³/mol. The lowest BCUT2D eigenvalue weighted by Gasteiger charge is -2.41. The summed E-state index contributed by atoms with van der Waals surface area (Å²) in [5, 5.41) is 17.2. The summed E-state index contributed by atoms with van der Waals surface area (Å²) in [7, 11) is 0. The number of amides is 2. The van der Waals surface area contributed by atoms with Gasteiger partial charge in [-0.05, 0) is 6.92 Å². The number of aliphatic hydroxyl groups excluding tert-OH is 1. The topological polar surface area (TPSA) is 90.3 Å². The summed E-state index contributed by atoms with van der Waals surface area (Å²) >= 11 is 0. The Morgan fingerprint density at radius 3 is 2.58 bits per heavy atom. The molecule has 0 spiro atoms. The van der Waals surface area contributed by atoms with Crippen molar-refractivity contribution in [3.8, 4) is 0 Å². The highest BCUT2D eigenvalue weighted by Gasteiger charge is 2.33. The number of rotatable bonds is 8. The highest BCUT2D eigenvalue weighted by Crippen LogP contribution is 2.20. The average Bonchev–Trinajstić information content (AvgIpc) is 2.32. The Morgan fingerprint density at radius 2 is 2.05 bits per heavy atom. The molecule has 1 heterocycles. The molecule has 1 rings (SSSR count). The first-order valence-corrected chi connectivity index (χ1v) is 6.52. The second-order valence-electron chi connectivity index (χ2n) is 4.57. The standard InChI is InChI=1S/C12H22N2O5/c1-2-13(3-5-19-6-4-15)12(18)14-8-10(9-14)7-11(16)17/h10,15H,2-9H2,1H3,(H,16,17). The number of carboxylic acid groups (broad SMARTS) is 1. The second kappa shape index (κ2) is 7.96. The minimum absolute atomic E-state index is 0.0247. The van der Waals surface area contributed by atoms with Gasteiger partial charge in [0.2, 0.25) is 0 Å². The van der Waals surface area contributed by atoms with Gasteiger partial charge in [0.1, 0.15) is 0 Å². The minimum atomic E-state index is -0.818. The van der Waals surface area contributed by atoms with Crippen LogP contribution in [-0.4, -0.2) is 78.0 Å². The molecule has 2 N–H and O–H groups in total. The van der Waals surface area contributed by atoms with E-state index < -0.39 is 5.97 Å². The zero-order chi connectivity index (χ0) is 14.3. The van der Waals surface area contributed by atoms with Gasteiger partial charge in [0.25, 0.3) is 0 Å². The summed E-state index contributed by atoms with van der Waals surface area (Å²) in [5.41, 5.74) is 0. The molecule has 0 aromatic rings. The van der Waals surface area contributed by atoms with Gasteiger partial charge in [-0.3, -0.25) is 4.79 Å². The molecule has 0 bridgehead atoms. The zero-order valence-corrected chi connectivity index (χ0v) is 11.2. The largest absolute Gasteiger partial charge is 0.481 e. The van der Waals surface area contributed by atoms with Gasteiger partial charge in [-0.1, -0.05) is 0 Å². The predicted octanol–water partition coefficient (Wildman–Crippen LogP) is -0.156. The molecule has 1 aliphatic rings. The molecular weight excluding hydrogens is 252 g/mol. The van der Waals surface area contributed by atoms with E-state index in [-0.39, 0.29) is 31.6 Å². The number of carboxylic acids is 1. The van der Waals surface area contributed by atoms with Crippen LogP contribution in [0.2, 0.25) is 0 Å². The van der Waals surface area contributed by atoms with Crippen LogP contribution in [0.1, 0.15) is 13.3 Å². The molecule has 0 aliphatic carbocycles. The van der Waals surface area contributed by atoms with Gasteiger partial charge < -0.3 is 24.7 Å². The van der Waals surface area contributed by atoms with E-state index in [1.807, 2.05) is 6.92 Å². The van der Waals surface area contributed by atoms with Crippen LogP contribution >= 0.6 is 0 Å². The van der Waals surface area contributed by atoms with Crippen molar-refractivity contribution in [3.63, 3.8) is 0 Å². The molecular formula is C12H22N2O5. The second-order valence-corrected chi connectivity index (χ2v) is 4.57. The number of carbonyl (C=O) groups is 2. The highest BCUT2D eigenvalue weighted by atomic mass is 16.5. The third-order valence-corrected chi connectivity index (χ3v) is 3.08. The Kier molecular flexibility index (Phi) is 6.58. The van der Waals surface area contributed by atoms with E-state index in [0.717, 1.165) is 0 Å². The molecule has 1 aliphatic heterocycles. The maximum absolute atomic E-state index is 12.1.